The number of para-hydroxylation sites is 1. The fourth-order valence-corrected chi connectivity index (χ4v) is 4.55. The lowest BCUT2D eigenvalue weighted by Crippen LogP contribution is -2.41. The van der Waals surface area contributed by atoms with Gasteiger partial charge in [-0.25, -0.2) is 4.79 Å². The van der Waals surface area contributed by atoms with Crippen LogP contribution in [0, 0.1) is 6.92 Å². The van der Waals surface area contributed by atoms with Crippen molar-refractivity contribution in [2.75, 3.05) is 0 Å². The van der Waals surface area contributed by atoms with E-state index in [1.165, 1.54) is 5.56 Å². The van der Waals surface area contributed by atoms with E-state index in [1.54, 1.807) is 0 Å². The topological polar surface area (TPSA) is 37.3 Å². The molecule has 1 N–H and O–H groups in total. The molecule has 0 fully saturated rings. The molecule has 160 valence electrons. The minimum Gasteiger partial charge on any atom is -0.334 e. The Labute approximate surface area is 193 Å². The molecule has 1 aromatic heterocycles. The van der Waals surface area contributed by atoms with Gasteiger partial charge in [-0.15, -0.1) is 0 Å². The van der Waals surface area contributed by atoms with Gasteiger partial charge in [0.25, 0.3) is 0 Å². The Hall–Kier alpha value is -3.50. The second-order valence-electron chi connectivity index (χ2n) is 8.16. The second-order valence-corrected chi connectivity index (χ2v) is 8.60. The van der Waals surface area contributed by atoms with Gasteiger partial charge < -0.3 is 14.8 Å². The van der Waals surface area contributed by atoms with Crippen LogP contribution in [0.15, 0.2) is 91.1 Å². The maximum atomic E-state index is 13.6. The summed E-state index contributed by atoms with van der Waals surface area (Å²) in [6.45, 7) is 3.02. The van der Waals surface area contributed by atoms with E-state index in [0.29, 0.717) is 18.1 Å². The number of nitrogens with one attached hydrogen (secondary N) is 1. The van der Waals surface area contributed by atoms with Crippen molar-refractivity contribution in [3.8, 4) is 5.69 Å². The zero-order valence-electron chi connectivity index (χ0n) is 17.8. The lowest BCUT2D eigenvalue weighted by Gasteiger charge is -2.31. The first-order valence-electron chi connectivity index (χ1n) is 10.7. The highest BCUT2D eigenvalue weighted by Crippen LogP contribution is 2.37. The van der Waals surface area contributed by atoms with Gasteiger partial charge in [0.1, 0.15) is 0 Å². The van der Waals surface area contributed by atoms with E-state index in [0.717, 1.165) is 28.1 Å². The zero-order valence-corrected chi connectivity index (χ0v) is 18.6. The fourth-order valence-electron chi connectivity index (χ4n) is 4.35. The van der Waals surface area contributed by atoms with Crippen molar-refractivity contribution in [2.45, 2.75) is 26.1 Å². The average Bonchev–Trinajstić information content (AvgIpc) is 3.22. The lowest BCUT2D eigenvalue weighted by atomic mass is 10.0. The molecule has 0 bridgehead atoms. The summed E-state index contributed by atoms with van der Waals surface area (Å²) in [6, 6.07) is 27.9. The number of halogens is 1. The molecule has 1 atom stereocenters. The third-order valence-electron chi connectivity index (χ3n) is 5.95. The minimum absolute atomic E-state index is 0.111. The van der Waals surface area contributed by atoms with Gasteiger partial charge in [-0.1, -0.05) is 71.8 Å². The van der Waals surface area contributed by atoms with Gasteiger partial charge in [-0.2, -0.15) is 0 Å². The summed E-state index contributed by atoms with van der Waals surface area (Å²) in [6.07, 6.45) is 2.05. The number of aromatic nitrogens is 1. The first-order chi connectivity index (χ1) is 15.6. The van der Waals surface area contributed by atoms with Crippen molar-refractivity contribution in [3.05, 3.63) is 124 Å². The minimum atomic E-state index is -0.269. The van der Waals surface area contributed by atoms with Gasteiger partial charge >= 0.3 is 6.03 Å². The van der Waals surface area contributed by atoms with Crippen LogP contribution in [0.3, 0.4) is 0 Å². The molecule has 2 heterocycles. The molecule has 1 aliphatic rings. The number of rotatable bonds is 3. The molecule has 0 spiro atoms. The normalized spacial score (nSPS) is 14.9. The molecule has 5 heteroatoms. The molecule has 0 aliphatic carbocycles. The third-order valence-corrected chi connectivity index (χ3v) is 6.19. The van der Waals surface area contributed by atoms with Gasteiger partial charge in [-0.3, -0.25) is 0 Å². The molecule has 2 amide bonds. The highest BCUT2D eigenvalue weighted by Gasteiger charge is 2.32. The molecule has 5 rings (SSSR count). The van der Waals surface area contributed by atoms with Crippen molar-refractivity contribution in [3.63, 3.8) is 0 Å². The van der Waals surface area contributed by atoms with E-state index >= 15 is 0 Å². The molecular formula is C27H24ClN3O. The quantitative estimate of drug-likeness (QED) is 0.400. The van der Waals surface area contributed by atoms with Crippen LogP contribution in [0.4, 0.5) is 4.79 Å². The van der Waals surface area contributed by atoms with Crippen LogP contribution in [-0.4, -0.2) is 15.5 Å². The van der Waals surface area contributed by atoms with Gasteiger partial charge in [-0.05, 0) is 53.9 Å². The molecule has 1 unspecified atom stereocenters. The average molecular weight is 442 g/mol. The van der Waals surface area contributed by atoms with Crippen molar-refractivity contribution in [1.82, 2.24) is 14.8 Å². The summed E-state index contributed by atoms with van der Waals surface area (Å²) >= 11 is 6.35. The smallest absolute Gasteiger partial charge is 0.318 e. The van der Waals surface area contributed by atoms with E-state index in [9.17, 15) is 4.79 Å². The van der Waals surface area contributed by atoms with Crippen molar-refractivity contribution in [2.24, 2.45) is 0 Å². The summed E-state index contributed by atoms with van der Waals surface area (Å²) < 4.78 is 2.17. The Morgan fingerprint density at radius 1 is 1.00 bits per heavy atom. The molecule has 32 heavy (non-hydrogen) atoms. The lowest BCUT2D eigenvalue weighted by molar-refractivity contribution is 0.180. The third kappa shape index (κ3) is 3.90. The van der Waals surface area contributed by atoms with Crippen molar-refractivity contribution in [1.29, 1.82) is 0 Å². The number of fused-ring (bicyclic) bond motifs is 3. The number of carbonyl (C=O) groups excluding carboxylic acids is 1. The molecular weight excluding hydrogens is 418 g/mol. The summed E-state index contributed by atoms with van der Waals surface area (Å²) in [5.41, 5.74) is 6.47. The number of aryl methyl sites for hydroxylation is 1. The molecule has 1 aliphatic heterocycles. The molecule has 0 saturated heterocycles. The Kier molecular flexibility index (Phi) is 5.46. The molecule has 4 nitrogen and oxygen atoms in total. The maximum Gasteiger partial charge on any atom is 0.318 e. The number of urea groups is 1. The van der Waals surface area contributed by atoms with Crippen molar-refractivity contribution < 1.29 is 4.79 Å². The highest BCUT2D eigenvalue weighted by molar-refractivity contribution is 6.30. The first-order valence-corrected chi connectivity index (χ1v) is 11.1. The van der Waals surface area contributed by atoms with E-state index in [2.05, 4.69) is 53.3 Å². The Morgan fingerprint density at radius 2 is 1.81 bits per heavy atom. The van der Waals surface area contributed by atoms with Gasteiger partial charge in [0.15, 0.2) is 0 Å². The van der Waals surface area contributed by atoms with Crippen LogP contribution in [0.5, 0.6) is 0 Å². The molecule has 0 saturated carbocycles. The second kappa shape index (κ2) is 8.56. The summed E-state index contributed by atoms with van der Waals surface area (Å²) in [5.74, 6) is 0. The van der Waals surface area contributed by atoms with E-state index in [-0.39, 0.29) is 12.1 Å². The van der Waals surface area contributed by atoms with Crippen LogP contribution < -0.4 is 5.32 Å². The van der Waals surface area contributed by atoms with Crippen LogP contribution in [-0.2, 0) is 13.1 Å². The summed E-state index contributed by atoms with van der Waals surface area (Å²) in [5, 5.41) is 3.78. The van der Waals surface area contributed by atoms with Gasteiger partial charge in [0.05, 0.1) is 18.3 Å². The fraction of sp³-hybridized carbons (Fsp3) is 0.148. The predicted octanol–water partition coefficient (Wildman–Crippen LogP) is 6.25. The Bertz CT molecular complexity index is 1260. The predicted molar refractivity (Wildman–Crippen MR) is 128 cm³/mol. The summed E-state index contributed by atoms with van der Waals surface area (Å²) in [7, 11) is 0. The monoisotopic (exact) mass is 441 g/mol. The molecule has 3 aromatic carbocycles. The molecule has 4 aromatic rings. The summed E-state index contributed by atoms with van der Waals surface area (Å²) in [4.78, 5) is 15.5. The van der Waals surface area contributed by atoms with Gasteiger partial charge in [0.2, 0.25) is 0 Å². The van der Waals surface area contributed by atoms with E-state index in [1.807, 2.05) is 59.5 Å². The van der Waals surface area contributed by atoms with Crippen LogP contribution in [0.2, 0.25) is 5.02 Å². The van der Waals surface area contributed by atoms with Crippen LogP contribution >= 0.6 is 11.6 Å². The van der Waals surface area contributed by atoms with E-state index in [4.69, 9.17) is 11.6 Å². The Balaban J connectivity index is 1.55. The number of nitrogens with zero attached hydrogens (tertiary/aromatic N) is 2. The maximum absolute atomic E-state index is 13.6. The number of carbonyl (C=O) groups is 1. The highest BCUT2D eigenvalue weighted by atomic mass is 35.5. The van der Waals surface area contributed by atoms with Crippen LogP contribution in [0.25, 0.3) is 5.69 Å². The van der Waals surface area contributed by atoms with E-state index < -0.39 is 0 Å². The van der Waals surface area contributed by atoms with Crippen molar-refractivity contribution >= 4 is 17.6 Å². The first kappa shape index (κ1) is 20.4. The molecule has 0 radical (unpaired) electrons. The van der Waals surface area contributed by atoms with Crippen LogP contribution in [0.1, 0.15) is 34.0 Å². The largest absolute Gasteiger partial charge is 0.334 e. The zero-order chi connectivity index (χ0) is 22.1. The van der Waals surface area contributed by atoms with Gasteiger partial charge in [0, 0.05) is 23.5 Å². The standard InChI is InChI=1S/C27H24ClN3O/c1-19-11-13-20(14-12-19)17-29-27(32)31-18-22-6-2-3-9-24(22)30-15-5-10-25(30)26(31)21-7-4-8-23(28)16-21/h2-16,26H,17-18H2,1H3,(H,29,32). The number of benzene rings is 3. The Morgan fingerprint density at radius 3 is 2.62 bits per heavy atom. The number of hydrogen-bond acceptors (Lipinski definition) is 1. The number of hydrogen-bond donors (Lipinski definition) is 1. The number of amides is 2. The SMILES string of the molecule is Cc1ccc(CNC(=O)N2Cc3ccccc3-n3cccc3C2c2cccc(Cl)c2)cc1.